The van der Waals surface area contributed by atoms with E-state index >= 15 is 0 Å². The van der Waals surface area contributed by atoms with E-state index in [2.05, 4.69) is 4.98 Å². The summed E-state index contributed by atoms with van der Waals surface area (Å²) in [7, 11) is -3.64. The lowest BCUT2D eigenvalue weighted by atomic mass is 10.2. The first-order valence-electron chi connectivity index (χ1n) is 10.5. The van der Waals surface area contributed by atoms with Gasteiger partial charge < -0.3 is 9.47 Å². The van der Waals surface area contributed by atoms with Gasteiger partial charge in [-0.2, -0.15) is 0 Å². The number of nitrogens with zero attached hydrogens (tertiary/aromatic N) is 3. The van der Waals surface area contributed by atoms with Crippen molar-refractivity contribution in [2.45, 2.75) is 44.8 Å². The third-order valence-electron chi connectivity index (χ3n) is 4.97. The van der Waals surface area contributed by atoms with Gasteiger partial charge in [0.05, 0.1) is 24.2 Å². The van der Waals surface area contributed by atoms with E-state index in [0.717, 1.165) is 5.56 Å². The molecule has 0 aliphatic carbocycles. The van der Waals surface area contributed by atoms with Gasteiger partial charge in [-0.1, -0.05) is 62.4 Å². The standard InChI is InChI=1S/C24H29N3O3S/c1-4-26(23(28)21-13-9-6-10-14-21)17-22-15-25-24(27(22)16-19(2)3)31(29,30)18-20-11-7-5-8-12-20/h5-15,19H,4,16-18H2,1-3H3. The van der Waals surface area contributed by atoms with Crippen LogP contribution in [0, 0.1) is 5.92 Å². The molecule has 0 spiro atoms. The molecule has 6 nitrogen and oxygen atoms in total. The molecule has 1 heterocycles. The lowest BCUT2D eigenvalue weighted by Gasteiger charge is -2.22. The molecule has 7 heteroatoms. The van der Waals surface area contributed by atoms with Gasteiger partial charge in [0.2, 0.25) is 15.0 Å². The Hall–Kier alpha value is -2.93. The van der Waals surface area contributed by atoms with Gasteiger partial charge in [-0.25, -0.2) is 13.4 Å². The van der Waals surface area contributed by atoms with Gasteiger partial charge in [-0.3, -0.25) is 4.79 Å². The molecule has 1 amide bonds. The van der Waals surface area contributed by atoms with Crippen LogP contribution in [-0.2, 0) is 28.7 Å². The summed E-state index contributed by atoms with van der Waals surface area (Å²) < 4.78 is 28.1. The lowest BCUT2D eigenvalue weighted by molar-refractivity contribution is 0.0748. The van der Waals surface area contributed by atoms with Crippen LogP contribution in [-0.4, -0.2) is 35.3 Å². The molecular weight excluding hydrogens is 410 g/mol. The monoisotopic (exact) mass is 439 g/mol. The largest absolute Gasteiger partial charge is 0.333 e. The Morgan fingerprint density at radius 3 is 2.23 bits per heavy atom. The van der Waals surface area contributed by atoms with Gasteiger partial charge in [0, 0.05) is 18.7 Å². The second-order valence-electron chi connectivity index (χ2n) is 7.97. The minimum atomic E-state index is -3.64. The highest BCUT2D eigenvalue weighted by Gasteiger charge is 2.26. The Balaban J connectivity index is 1.92. The molecule has 3 aromatic rings. The first kappa shape index (κ1) is 22.7. The second-order valence-corrected chi connectivity index (χ2v) is 9.85. The normalized spacial score (nSPS) is 11.6. The number of imidazole rings is 1. The fourth-order valence-corrected chi connectivity index (χ4v) is 4.97. The highest BCUT2D eigenvalue weighted by Crippen LogP contribution is 2.21. The molecular formula is C24H29N3O3S. The Kier molecular flexibility index (Phi) is 7.28. The first-order chi connectivity index (χ1) is 14.8. The van der Waals surface area contributed by atoms with E-state index < -0.39 is 9.84 Å². The summed E-state index contributed by atoms with van der Waals surface area (Å²) in [4.78, 5) is 18.9. The molecule has 31 heavy (non-hydrogen) atoms. The van der Waals surface area contributed by atoms with Crippen LogP contribution < -0.4 is 0 Å². The molecule has 0 saturated carbocycles. The van der Waals surface area contributed by atoms with Crippen LogP contribution in [0.1, 0.15) is 42.4 Å². The average molecular weight is 440 g/mol. The average Bonchev–Trinajstić information content (AvgIpc) is 3.15. The molecule has 0 unspecified atom stereocenters. The number of carbonyl (C=O) groups excluding carboxylic acids is 1. The summed E-state index contributed by atoms with van der Waals surface area (Å²) in [6.07, 6.45) is 1.58. The summed E-state index contributed by atoms with van der Waals surface area (Å²) in [5, 5.41) is 0.0586. The van der Waals surface area contributed by atoms with Crippen molar-refractivity contribution in [3.63, 3.8) is 0 Å². The second kappa shape index (κ2) is 9.92. The topological polar surface area (TPSA) is 72.3 Å². The Morgan fingerprint density at radius 1 is 1.03 bits per heavy atom. The van der Waals surface area contributed by atoms with Crippen molar-refractivity contribution in [1.82, 2.24) is 14.5 Å². The number of aromatic nitrogens is 2. The summed E-state index contributed by atoms with van der Waals surface area (Å²) in [5.41, 5.74) is 2.04. The van der Waals surface area contributed by atoms with Gasteiger partial charge in [-0.05, 0) is 30.5 Å². The number of amides is 1. The number of sulfone groups is 1. The molecule has 1 aromatic heterocycles. The molecule has 0 atom stereocenters. The molecule has 3 rings (SSSR count). The van der Waals surface area contributed by atoms with Crippen LogP contribution in [0.15, 0.2) is 72.0 Å². The summed E-state index contributed by atoms with van der Waals surface area (Å²) >= 11 is 0. The van der Waals surface area contributed by atoms with Gasteiger partial charge in [0.25, 0.3) is 5.91 Å². The Morgan fingerprint density at radius 2 is 1.65 bits per heavy atom. The van der Waals surface area contributed by atoms with Crippen molar-refractivity contribution < 1.29 is 13.2 Å². The van der Waals surface area contributed by atoms with Crippen LogP contribution in [0.5, 0.6) is 0 Å². The van der Waals surface area contributed by atoms with Gasteiger partial charge in [0.1, 0.15) is 0 Å². The van der Waals surface area contributed by atoms with Crippen molar-refractivity contribution in [3.8, 4) is 0 Å². The van der Waals surface area contributed by atoms with Crippen LogP contribution >= 0.6 is 0 Å². The Labute approximate surface area is 184 Å². The maximum absolute atomic E-state index is 13.2. The zero-order valence-corrected chi connectivity index (χ0v) is 19.0. The molecule has 0 aliphatic rings. The fraction of sp³-hybridized carbons (Fsp3) is 0.333. The van der Waals surface area contributed by atoms with E-state index in [4.69, 9.17) is 0 Å². The maximum Gasteiger partial charge on any atom is 0.254 e. The molecule has 0 saturated heterocycles. The van der Waals surface area contributed by atoms with Crippen molar-refractivity contribution in [3.05, 3.63) is 83.7 Å². The fourth-order valence-electron chi connectivity index (χ4n) is 3.47. The number of benzene rings is 2. The predicted molar refractivity (Wildman–Crippen MR) is 121 cm³/mol. The Bertz CT molecular complexity index is 1110. The SMILES string of the molecule is CCN(Cc1cnc(S(=O)(=O)Cc2ccccc2)n1CC(C)C)C(=O)c1ccccc1. The van der Waals surface area contributed by atoms with Crippen molar-refractivity contribution in [2.75, 3.05) is 6.54 Å². The minimum absolute atomic E-state index is 0.0586. The molecule has 0 radical (unpaired) electrons. The molecule has 0 aliphatic heterocycles. The number of hydrogen-bond donors (Lipinski definition) is 0. The van der Waals surface area contributed by atoms with Crippen LogP contribution in [0.2, 0.25) is 0 Å². The third-order valence-corrected chi connectivity index (χ3v) is 6.57. The highest BCUT2D eigenvalue weighted by molar-refractivity contribution is 7.90. The van der Waals surface area contributed by atoms with E-state index in [-0.39, 0.29) is 22.7 Å². The van der Waals surface area contributed by atoms with E-state index in [9.17, 15) is 13.2 Å². The van der Waals surface area contributed by atoms with E-state index in [1.165, 1.54) is 0 Å². The smallest absolute Gasteiger partial charge is 0.254 e. The zero-order chi connectivity index (χ0) is 22.4. The van der Waals surface area contributed by atoms with E-state index in [0.29, 0.717) is 30.9 Å². The number of rotatable bonds is 9. The maximum atomic E-state index is 13.2. The van der Waals surface area contributed by atoms with Gasteiger partial charge >= 0.3 is 0 Å². The van der Waals surface area contributed by atoms with E-state index in [1.54, 1.807) is 39.9 Å². The molecule has 0 bridgehead atoms. The molecule has 0 fully saturated rings. The minimum Gasteiger partial charge on any atom is -0.333 e. The number of carbonyl (C=O) groups is 1. The van der Waals surface area contributed by atoms with E-state index in [1.807, 2.05) is 57.2 Å². The van der Waals surface area contributed by atoms with Crippen LogP contribution in [0.25, 0.3) is 0 Å². The third kappa shape index (κ3) is 5.61. The zero-order valence-electron chi connectivity index (χ0n) is 18.2. The first-order valence-corrected chi connectivity index (χ1v) is 12.1. The molecule has 164 valence electrons. The van der Waals surface area contributed by atoms with Gasteiger partial charge in [0.15, 0.2) is 0 Å². The lowest BCUT2D eigenvalue weighted by Crippen LogP contribution is -2.31. The highest BCUT2D eigenvalue weighted by atomic mass is 32.2. The predicted octanol–water partition coefficient (Wildman–Crippen LogP) is 4.18. The molecule has 0 N–H and O–H groups in total. The van der Waals surface area contributed by atoms with Crippen molar-refractivity contribution >= 4 is 15.7 Å². The summed E-state index contributed by atoms with van der Waals surface area (Å²) in [5.74, 6) is 0.0237. The van der Waals surface area contributed by atoms with Crippen LogP contribution in [0.3, 0.4) is 0 Å². The summed E-state index contributed by atoms with van der Waals surface area (Å²) in [6.45, 7) is 7.29. The van der Waals surface area contributed by atoms with Crippen molar-refractivity contribution in [2.24, 2.45) is 5.92 Å². The quantitative estimate of drug-likeness (QED) is 0.502. The molecule has 2 aromatic carbocycles. The summed E-state index contributed by atoms with van der Waals surface area (Å²) in [6, 6.07) is 18.2. The van der Waals surface area contributed by atoms with Crippen LogP contribution in [0.4, 0.5) is 0 Å². The van der Waals surface area contributed by atoms with Gasteiger partial charge in [-0.15, -0.1) is 0 Å². The number of hydrogen-bond acceptors (Lipinski definition) is 4. The van der Waals surface area contributed by atoms with Crippen molar-refractivity contribution in [1.29, 1.82) is 0 Å².